The van der Waals surface area contributed by atoms with Gasteiger partial charge in [-0.25, -0.2) is 4.98 Å². The Morgan fingerprint density at radius 3 is 1.95 bits per heavy atom. The van der Waals surface area contributed by atoms with E-state index in [0.717, 1.165) is 38.8 Å². The molecule has 0 aliphatic heterocycles. The van der Waals surface area contributed by atoms with Crippen molar-refractivity contribution in [1.29, 1.82) is 0 Å². The Labute approximate surface area is 259 Å². The highest BCUT2D eigenvalue weighted by atomic mass is 32.1. The quantitative estimate of drug-likeness (QED) is 0.203. The minimum absolute atomic E-state index is 0.669. The summed E-state index contributed by atoms with van der Waals surface area (Å²) in [5.41, 5.74) is 4.89. The Hall–Kier alpha value is -5.23. The van der Waals surface area contributed by atoms with Crippen LogP contribution in [0.3, 0.4) is 0 Å². The molecule has 0 aliphatic rings. The van der Waals surface area contributed by atoms with E-state index in [0.29, 0.717) is 5.71 Å². The molecule has 0 unspecified atom stereocenters. The van der Waals surface area contributed by atoms with Gasteiger partial charge in [0, 0.05) is 74.4 Å². The number of thiophene rings is 2. The van der Waals surface area contributed by atoms with E-state index in [4.69, 9.17) is 4.42 Å². The standard InChI is InChI=1S/C39H22N2OS2/c1-3-9-34-27(6-1)29-16-14-26(22-37(29)44-34)41(25-15-18-36-32(21-25)28-7-2-4-10-35(28)43-36)24-13-11-23-12-17-33-38(31(23)20-24)30-8-5-19-40-39(30)42-33/h1-22H. The Morgan fingerprint density at radius 2 is 1.09 bits per heavy atom. The molecule has 3 nitrogen and oxygen atoms in total. The highest BCUT2D eigenvalue weighted by Gasteiger charge is 2.18. The fourth-order valence-electron chi connectivity index (χ4n) is 6.71. The highest BCUT2D eigenvalue weighted by molar-refractivity contribution is 7.26. The SMILES string of the molecule is c1ccc2c(c1)sc1cc(N(c3ccc4sc5ccccc5c4c3)c3ccc4ccc5oc6ncccc6c5c4c3)ccc12. The lowest BCUT2D eigenvalue weighted by atomic mass is 10.0. The van der Waals surface area contributed by atoms with Gasteiger partial charge in [-0.1, -0.05) is 54.6 Å². The first-order chi connectivity index (χ1) is 21.8. The largest absolute Gasteiger partial charge is 0.438 e. The van der Waals surface area contributed by atoms with Crippen molar-refractivity contribution in [3.63, 3.8) is 0 Å². The molecule has 10 aromatic rings. The summed E-state index contributed by atoms with van der Waals surface area (Å²) in [5.74, 6) is 0. The molecule has 10 rings (SSSR count). The molecule has 206 valence electrons. The summed E-state index contributed by atoms with van der Waals surface area (Å²) in [6, 6.07) is 46.2. The van der Waals surface area contributed by atoms with Crippen LogP contribution in [0.1, 0.15) is 0 Å². The lowest BCUT2D eigenvalue weighted by Crippen LogP contribution is -2.09. The predicted octanol–water partition coefficient (Wildman–Crippen LogP) is 12.3. The van der Waals surface area contributed by atoms with Crippen LogP contribution in [0, 0.1) is 0 Å². The minimum atomic E-state index is 0.669. The summed E-state index contributed by atoms with van der Waals surface area (Å²) in [5, 5.41) is 9.66. The van der Waals surface area contributed by atoms with Crippen LogP contribution in [0.15, 0.2) is 138 Å². The van der Waals surface area contributed by atoms with Crippen molar-refractivity contribution in [1.82, 2.24) is 4.98 Å². The van der Waals surface area contributed by atoms with E-state index in [-0.39, 0.29) is 0 Å². The van der Waals surface area contributed by atoms with Crippen molar-refractivity contribution in [3.05, 3.63) is 134 Å². The second-order valence-electron chi connectivity index (χ2n) is 11.2. The van der Waals surface area contributed by atoms with Crippen LogP contribution < -0.4 is 4.90 Å². The average molecular weight is 599 g/mol. The summed E-state index contributed by atoms with van der Waals surface area (Å²) in [6.07, 6.45) is 1.79. The molecule has 4 aromatic heterocycles. The van der Waals surface area contributed by atoms with Crippen LogP contribution >= 0.6 is 22.7 Å². The normalized spacial score (nSPS) is 12.1. The summed E-state index contributed by atoms with van der Waals surface area (Å²) in [7, 11) is 0. The topological polar surface area (TPSA) is 29.3 Å². The third-order valence-corrected chi connectivity index (χ3v) is 11.0. The first kappa shape index (κ1) is 24.2. The first-order valence-electron chi connectivity index (χ1n) is 14.6. The van der Waals surface area contributed by atoms with Gasteiger partial charge in [-0.15, -0.1) is 22.7 Å². The zero-order valence-electron chi connectivity index (χ0n) is 23.3. The number of furan rings is 1. The predicted molar refractivity (Wildman–Crippen MR) is 189 cm³/mol. The van der Waals surface area contributed by atoms with Gasteiger partial charge in [0.15, 0.2) is 0 Å². The maximum absolute atomic E-state index is 6.17. The fourth-order valence-corrected chi connectivity index (χ4v) is 8.94. The Morgan fingerprint density at radius 1 is 0.477 bits per heavy atom. The highest BCUT2D eigenvalue weighted by Crippen LogP contribution is 2.44. The molecule has 0 radical (unpaired) electrons. The molecule has 44 heavy (non-hydrogen) atoms. The van der Waals surface area contributed by atoms with Crippen molar-refractivity contribution < 1.29 is 4.42 Å². The third kappa shape index (κ3) is 3.51. The van der Waals surface area contributed by atoms with Crippen molar-refractivity contribution in [2.24, 2.45) is 0 Å². The smallest absolute Gasteiger partial charge is 0.227 e. The second-order valence-corrected chi connectivity index (χ2v) is 13.4. The number of nitrogens with zero attached hydrogens (tertiary/aromatic N) is 2. The number of pyridine rings is 1. The molecule has 0 fully saturated rings. The number of anilines is 3. The molecular weight excluding hydrogens is 577 g/mol. The van der Waals surface area contributed by atoms with E-state index in [1.807, 2.05) is 28.7 Å². The van der Waals surface area contributed by atoms with Crippen LogP contribution in [0.2, 0.25) is 0 Å². The molecule has 0 N–H and O–H groups in total. The van der Waals surface area contributed by atoms with Crippen LogP contribution in [0.4, 0.5) is 17.1 Å². The van der Waals surface area contributed by atoms with Gasteiger partial charge in [0.1, 0.15) is 5.58 Å². The molecule has 0 bridgehead atoms. The monoisotopic (exact) mass is 598 g/mol. The Kier molecular flexibility index (Phi) is 5.03. The van der Waals surface area contributed by atoms with Crippen molar-refractivity contribution in [2.45, 2.75) is 0 Å². The van der Waals surface area contributed by atoms with Gasteiger partial charge in [0.2, 0.25) is 5.71 Å². The fraction of sp³-hybridized carbons (Fsp3) is 0. The van der Waals surface area contributed by atoms with E-state index >= 15 is 0 Å². The molecule has 5 heteroatoms. The number of aromatic nitrogens is 1. The van der Waals surface area contributed by atoms with E-state index in [2.05, 4.69) is 131 Å². The van der Waals surface area contributed by atoms with Crippen LogP contribution in [0.5, 0.6) is 0 Å². The lowest BCUT2D eigenvalue weighted by Gasteiger charge is -2.26. The molecule has 6 aromatic carbocycles. The lowest BCUT2D eigenvalue weighted by molar-refractivity contribution is 0.654. The van der Waals surface area contributed by atoms with Crippen molar-refractivity contribution in [2.75, 3.05) is 4.90 Å². The van der Waals surface area contributed by atoms with Crippen LogP contribution in [0.25, 0.3) is 73.2 Å². The number of rotatable bonds is 3. The molecule has 4 heterocycles. The minimum Gasteiger partial charge on any atom is -0.438 e. The maximum atomic E-state index is 6.17. The van der Waals surface area contributed by atoms with Gasteiger partial charge in [-0.3, -0.25) is 0 Å². The average Bonchev–Trinajstić information content (AvgIpc) is 3.75. The summed E-state index contributed by atoms with van der Waals surface area (Å²) in [6.45, 7) is 0. The molecule has 0 saturated carbocycles. The third-order valence-electron chi connectivity index (χ3n) is 8.71. The summed E-state index contributed by atoms with van der Waals surface area (Å²) < 4.78 is 11.4. The zero-order chi connectivity index (χ0) is 28.8. The van der Waals surface area contributed by atoms with Crippen molar-refractivity contribution in [3.8, 4) is 0 Å². The van der Waals surface area contributed by atoms with Gasteiger partial charge in [0.25, 0.3) is 0 Å². The van der Waals surface area contributed by atoms with Gasteiger partial charge in [-0.05, 0) is 83.6 Å². The zero-order valence-corrected chi connectivity index (χ0v) is 25.0. The molecule has 0 atom stereocenters. The first-order valence-corrected chi connectivity index (χ1v) is 16.2. The van der Waals surface area contributed by atoms with Gasteiger partial charge >= 0.3 is 0 Å². The number of benzene rings is 6. The van der Waals surface area contributed by atoms with E-state index in [1.54, 1.807) is 6.20 Å². The van der Waals surface area contributed by atoms with Crippen molar-refractivity contribution >= 4 is 113 Å². The van der Waals surface area contributed by atoms with Gasteiger partial charge < -0.3 is 9.32 Å². The Balaban J connectivity index is 1.26. The summed E-state index contributed by atoms with van der Waals surface area (Å²) >= 11 is 3.70. The summed E-state index contributed by atoms with van der Waals surface area (Å²) in [4.78, 5) is 6.90. The second kappa shape index (κ2) is 9.13. The maximum Gasteiger partial charge on any atom is 0.227 e. The molecular formula is C39H22N2OS2. The van der Waals surface area contributed by atoms with E-state index in [9.17, 15) is 0 Å². The van der Waals surface area contributed by atoms with Gasteiger partial charge in [-0.2, -0.15) is 0 Å². The van der Waals surface area contributed by atoms with Crippen LogP contribution in [-0.2, 0) is 0 Å². The Bertz CT molecular complexity index is 2750. The van der Waals surface area contributed by atoms with Gasteiger partial charge in [0.05, 0.1) is 0 Å². The number of hydrogen-bond donors (Lipinski definition) is 0. The molecule has 0 aliphatic carbocycles. The molecule has 0 saturated heterocycles. The molecule has 0 spiro atoms. The number of hydrogen-bond acceptors (Lipinski definition) is 5. The van der Waals surface area contributed by atoms with E-state index < -0.39 is 0 Å². The van der Waals surface area contributed by atoms with Crippen LogP contribution in [-0.4, -0.2) is 4.98 Å². The number of fused-ring (bicyclic) bond motifs is 11. The molecule has 0 amide bonds. The van der Waals surface area contributed by atoms with E-state index in [1.165, 1.54) is 45.7 Å².